The molecule has 0 radical (unpaired) electrons. The van der Waals surface area contributed by atoms with Gasteiger partial charge in [0.2, 0.25) is 5.95 Å². The Bertz CT molecular complexity index is 1350. The van der Waals surface area contributed by atoms with Crippen LogP contribution in [0, 0.1) is 11.8 Å². The molecule has 252 valence electrons. The lowest BCUT2D eigenvalue weighted by Gasteiger charge is -2.32. The van der Waals surface area contributed by atoms with E-state index in [0.717, 1.165) is 57.8 Å². The zero-order valence-corrected chi connectivity index (χ0v) is 26.7. The largest absolute Gasteiger partial charge is 0.495 e. The predicted octanol–water partition coefficient (Wildman–Crippen LogP) is 4.71. The molecule has 1 aromatic heterocycles. The summed E-state index contributed by atoms with van der Waals surface area (Å²) in [5.41, 5.74) is -0.110. The van der Waals surface area contributed by atoms with Crippen molar-refractivity contribution in [3.05, 3.63) is 41.2 Å². The number of piperidine rings is 1. The standard InChI is InChI=1S/C33H45F3N6O4/c1-41-11-9-25(10-12-41)38-31(44)24-7-8-28(30(19-24)45-2)39-32-37-20-27(33(34,35)36)29(40-32)18-23-6-4-3-5-22(23)17-26(43)21-42-13-15-46-16-14-42/h7-8,19-20,22-23,25H,3-6,9-18,21H2,1-2H3,(H,38,44)(H,37,39,40)/t22-,23-/m0/s1. The second-order valence-electron chi connectivity index (χ2n) is 12.8. The summed E-state index contributed by atoms with van der Waals surface area (Å²) in [5.74, 6) is 0.160. The number of methoxy groups -OCH3 is 1. The second-order valence-corrected chi connectivity index (χ2v) is 12.8. The highest BCUT2D eigenvalue weighted by Crippen LogP contribution is 2.39. The number of carbonyl (C=O) groups excluding carboxylic acids is 2. The highest BCUT2D eigenvalue weighted by Gasteiger charge is 2.37. The summed E-state index contributed by atoms with van der Waals surface area (Å²) in [5, 5.41) is 6.08. The average Bonchev–Trinajstić information content (AvgIpc) is 3.03. The zero-order valence-electron chi connectivity index (χ0n) is 26.7. The monoisotopic (exact) mass is 646 g/mol. The Kier molecular flexibility index (Phi) is 11.5. The van der Waals surface area contributed by atoms with E-state index in [2.05, 4.69) is 37.4 Å². The van der Waals surface area contributed by atoms with Gasteiger partial charge in [0, 0.05) is 37.3 Å². The van der Waals surface area contributed by atoms with Crippen molar-refractivity contribution >= 4 is 23.3 Å². The number of ether oxygens (including phenoxy) is 2. The first-order chi connectivity index (χ1) is 22.1. The third kappa shape index (κ3) is 9.16. The van der Waals surface area contributed by atoms with Gasteiger partial charge < -0.3 is 25.0 Å². The van der Waals surface area contributed by atoms with Crippen LogP contribution in [-0.2, 0) is 22.1 Å². The number of alkyl halides is 3. The number of amides is 1. The van der Waals surface area contributed by atoms with Crippen LogP contribution in [-0.4, -0.2) is 97.6 Å². The number of morpholine rings is 1. The Labute approximate surface area is 268 Å². The summed E-state index contributed by atoms with van der Waals surface area (Å²) in [6, 6.07) is 4.97. The lowest BCUT2D eigenvalue weighted by atomic mass is 9.74. The van der Waals surface area contributed by atoms with Gasteiger partial charge in [0.1, 0.15) is 11.5 Å². The van der Waals surface area contributed by atoms with Gasteiger partial charge in [0.25, 0.3) is 5.91 Å². The molecular formula is C33H45F3N6O4. The van der Waals surface area contributed by atoms with Gasteiger partial charge in [-0.2, -0.15) is 13.2 Å². The Hall–Kier alpha value is -3.29. The summed E-state index contributed by atoms with van der Waals surface area (Å²) >= 11 is 0. The van der Waals surface area contributed by atoms with Crippen LogP contribution in [0.1, 0.15) is 66.6 Å². The lowest BCUT2D eigenvalue weighted by Crippen LogP contribution is -2.43. The summed E-state index contributed by atoms with van der Waals surface area (Å²) in [6.07, 6.45) is 1.83. The van der Waals surface area contributed by atoms with Crippen LogP contribution in [0.15, 0.2) is 24.4 Å². The number of aromatic nitrogens is 2. The van der Waals surface area contributed by atoms with Crippen molar-refractivity contribution in [3.63, 3.8) is 0 Å². The molecule has 2 aliphatic heterocycles. The number of halogens is 3. The first-order valence-electron chi connectivity index (χ1n) is 16.3. The molecule has 10 nitrogen and oxygen atoms in total. The quantitative estimate of drug-likeness (QED) is 0.359. The van der Waals surface area contributed by atoms with Crippen molar-refractivity contribution in [2.75, 3.05) is 65.4 Å². The maximum atomic E-state index is 14.1. The van der Waals surface area contributed by atoms with Crippen molar-refractivity contribution in [3.8, 4) is 5.75 Å². The fraction of sp³-hybridized carbons (Fsp3) is 0.636. The van der Waals surface area contributed by atoms with Crippen LogP contribution in [0.5, 0.6) is 5.75 Å². The molecule has 2 aromatic rings. The normalized spacial score (nSPS) is 21.9. The highest BCUT2D eigenvalue weighted by molar-refractivity contribution is 5.95. The average molecular weight is 647 g/mol. The third-order valence-corrected chi connectivity index (χ3v) is 9.45. The number of ketones is 1. The molecule has 1 amide bonds. The zero-order chi connectivity index (χ0) is 32.7. The summed E-state index contributed by atoms with van der Waals surface area (Å²) in [6.45, 7) is 4.82. The van der Waals surface area contributed by atoms with E-state index in [1.54, 1.807) is 18.2 Å². The molecule has 0 spiro atoms. The van der Waals surface area contributed by atoms with Crippen LogP contribution in [0.4, 0.5) is 24.8 Å². The van der Waals surface area contributed by atoms with Crippen molar-refractivity contribution < 1.29 is 32.2 Å². The molecule has 0 unspecified atom stereocenters. The molecule has 1 saturated carbocycles. The fourth-order valence-corrected chi connectivity index (χ4v) is 6.78. The maximum absolute atomic E-state index is 14.1. The van der Waals surface area contributed by atoms with E-state index in [9.17, 15) is 22.8 Å². The molecule has 3 heterocycles. The van der Waals surface area contributed by atoms with E-state index in [4.69, 9.17) is 9.47 Å². The predicted molar refractivity (Wildman–Crippen MR) is 167 cm³/mol. The molecule has 2 saturated heterocycles. The van der Waals surface area contributed by atoms with Crippen molar-refractivity contribution in [2.24, 2.45) is 11.8 Å². The molecular weight excluding hydrogens is 601 g/mol. The fourth-order valence-electron chi connectivity index (χ4n) is 6.78. The molecule has 0 bridgehead atoms. The molecule has 1 aliphatic carbocycles. The SMILES string of the molecule is COc1cc(C(=O)NC2CCN(C)CC2)ccc1Nc1ncc(C(F)(F)F)c(C[C@@H]2CCCC[C@H]2CC(=O)CN2CCOCC2)n1. The van der Waals surface area contributed by atoms with Gasteiger partial charge in [0.15, 0.2) is 0 Å². The topological polar surface area (TPSA) is 109 Å². The van der Waals surface area contributed by atoms with Gasteiger partial charge in [-0.05, 0) is 82.3 Å². The lowest BCUT2D eigenvalue weighted by molar-refractivity contribution is -0.139. The molecule has 2 atom stereocenters. The third-order valence-electron chi connectivity index (χ3n) is 9.45. The number of hydrogen-bond acceptors (Lipinski definition) is 9. The first kappa shape index (κ1) is 34.1. The van der Waals surface area contributed by atoms with Crippen LogP contribution in [0.25, 0.3) is 0 Å². The number of benzene rings is 1. The van der Waals surface area contributed by atoms with Gasteiger partial charge in [-0.3, -0.25) is 14.5 Å². The van der Waals surface area contributed by atoms with Gasteiger partial charge in [-0.15, -0.1) is 0 Å². The van der Waals surface area contributed by atoms with E-state index in [-0.39, 0.29) is 47.6 Å². The minimum atomic E-state index is -4.62. The Morgan fingerprint density at radius 1 is 1.04 bits per heavy atom. The number of rotatable bonds is 11. The maximum Gasteiger partial charge on any atom is 0.419 e. The van der Waals surface area contributed by atoms with E-state index in [1.165, 1.54) is 7.11 Å². The summed E-state index contributed by atoms with van der Waals surface area (Å²) in [7, 11) is 3.52. The van der Waals surface area contributed by atoms with Crippen LogP contribution in [0.3, 0.4) is 0 Å². The number of carbonyl (C=O) groups is 2. The van der Waals surface area contributed by atoms with Crippen molar-refractivity contribution in [2.45, 2.75) is 63.6 Å². The van der Waals surface area contributed by atoms with E-state index in [0.29, 0.717) is 56.3 Å². The Morgan fingerprint density at radius 2 is 1.76 bits per heavy atom. The highest BCUT2D eigenvalue weighted by atomic mass is 19.4. The smallest absolute Gasteiger partial charge is 0.419 e. The van der Waals surface area contributed by atoms with Gasteiger partial charge >= 0.3 is 6.18 Å². The molecule has 1 aromatic carbocycles. The number of anilines is 2. The van der Waals surface area contributed by atoms with E-state index in [1.807, 2.05) is 0 Å². The molecule has 2 N–H and O–H groups in total. The minimum absolute atomic E-state index is 0.000537. The number of likely N-dealkylation sites (tertiary alicyclic amines) is 1. The van der Waals surface area contributed by atoms with Gasteiger partial charge in [0.05, 0.1) is 43.8 Å². The number of Topliss-reactive ketones (excluding diaryl/α,β-unsaturated/α-hetero) is 1. The molecule has 3 fully saturated rings. The summed E-state index contributed by atoms with van der Waals surface area (Å²) < 4.78 is 53.3. The Morgan fingerprint density at radius 3 is 2.46 bits per heavy atom. The van der Waals surface area contributed by atoms with Crippen LogP contribution in [0.2, 0.25) is 0 Å². The summed E-state index contributed by atoms with van der Waals surface area (Å²) in [4.78, 5) is 38.6. The van der Waals surface area contributed by atoms with Gasteiger partial charge in [-0.1, -0.05) is 12.8 Å². The molecule has 5 rings (SSSR count). The van der Waals surface area contributed by atoms with Crippen LogP contribution >= 0.6 is 0 Å². The second kappa shape index (κ2) is 15.5. The number of nitrogens with one attached hydrogen (secondary N) is 2. The minimum Gasteiger partial charge on any atom is -0.495 e. The van der Waals surface area contributed by atoms with Crippen LogP contribution < -0.4 is 15.4 Å². The number of nitrogens with zero attached hydrogens (tertiary/aromatic N) is 4. The molecule has 13 heteroatoms. The van der Waals surface area contributed by atoms with Crippen molar-refractivity contribution in [1.82, 2.24) is 25.1 Å². The molecule has 46 heavy (non-hydrogen) atoms. The Balaban J connectivity index is 1.29. The first-order valence-corrected chi connectivity index (χ1v) is 16.3. The van der Waals surface area contributed by atoms with Crippen molar-refractivity contribution in [1.29, 1.82) is 0 Å². The van der Waals surface area contributed by atoms with Gasteiger partial charge in [-0.25, -0.2) is 9.97 Å². The molecule has 3 aliphatic rings. The van der Waals surface area contributed by atoms with E-state index >= 15 is 0 Å². The number of hydrogen-bond donors (Lipinski definition) is 2. The van der Waals surface area contributed by atoms with E-state index < -0.39 is 11.7 Å².